The van der Waals surface area contributed by atoms with Gasteiger partial charge in [0.25, 0.3) is 0 Å². The zero-order chi connectivity index (χ0) is 38.4. The molecule has 0 radical (unpaired) electrons. The molecule has 3 nitrogen and oxygen atoms in total. The highest BCUT2D eigenvalue weighted by Crippen LogP contribution is 2.57. The number of hydrogen-bond donors (Lipinski definition) is 0. The molecule has 0 N–H and O–H groups in total. The van der Waals surface area contributed by atoms with Gasteiger partial charge < -0.3 is 8.98 Å². The normalized spacial score (nSPS) is 14.7. The first-order valence-electron chi connectivity index (χ1n) is 19.9. The Morgan fingerprint density at radius 2 is 0.914 bits per heavy atom. The van der Waals surface area contributed by atoms with Crippen LogP contribution in [0.5, 0.6) is 0 Å². The van der Waals surface area contributed by atoms with Crippen molar-refractivity contribution in [2.75, 3.05) is 7.05 Å². The molecule has 58 heavy (non-hydrogen) atoms. The molecule has 0 aliphatic carbocycles. The summed E-state index contributed by atoms with van der Waals surface area (Å²) in [5.74, 6) is 0. The molecule has 1 aliphatic rings. The van der Waals surface area contributed by atoms with E-state index in [1.165, 1.54) is 83.4 Å². The lowest BCUT2D eigenvalue weighted by Crippen LogP contribution is -2.31. The molecule has 0 saturated carbocycles. The summed E-state index contributed by atoms with van der Waals surface area (Å²) in [6.07, 6.45) is 0. The van der Waals surface area contributed by atoms with Crippen LogP contribution < -0.4 is 4.48 Å². The Hall–Kier alpha value is -7.46. The van der Waals surface area contributed by atoms with Crippen LogP contribution in [0.1, 0.15) is 0 Å². The van der Waals surface area contributed by atoms with Crippen LogP contribution in [-0.2, 0) is 0 Å². The largest absolute Gasteiger partial charge is 0.456 e. The lowest BCUT2D eigenvalue weighted by molar-refractivity contribution is 0.643. The van der Waals surface area contributed by atoms with E-state index in [-0.39, 0.29) is 0 Å². The molecule has 9 aromatic carbocycles. The molecule has 3 heterocycles. The van der Waals surface area contributed by atoms with Crippen molar-refractivity contribution in [1.82, 2.24) is 9.05 Å². The number of quaternary nitrogens is 1. The Bertz CT molecular complexity index is 3390. The maximum Gasteiger partial charge on any atom is 0.151 e. The molecule has 272 valence electrons. The first-order valence-corrected chi connectivity index (χ1v) is 19.9. The van der Waals surface area contributed by atoms with Crippen molar-refractivity contribution in [2.45, 2.75) is 0 Å². The fourth-order valence-electron chi connectivity index (χ4n) is 9.54. The minimum Gasteiger partial charge on any atom is -0.456 e. The molecule has 0 fully saturated rings. The highest BCUT2D eigenvalue weighted by Gasteiger charge is 2.42. The molecular formula is C55H37N2O+. The van der Waals surface area contributed by atoms with Crippen LogP contribution in [0, 0.1) is 0 Å². The standard InChI is InChI=1S/C55H37N2O/c1-57(43-28-21-37(22-29-43)36-11-3-2-4-12-36)52-17-9-6-14-45(52)48-34-41(24-31-53(48)57)40-23-30-51-47(33-40)44-13-5-8-16-50(44)56(51)42-26-19-38(20-27-42)39-25-32-55-49(35-39)46-15-7-10-18-54(46)58-55/h2-35H,1H3/q+1. The van der Waals surface area contributed by atoms with Gasteiger partial charge in [-0.15, -0.1) is 0 Å². The van der Waals surface area contributed by atoms with Gasteiger partial charge in [0.15, 0.2) is 11.4 Å². The van der Waals surface area contributed by atoms with Crippen LogP contribution in [0.3, 0.4) is 0 Å². The highest BCUT2D eigenvalue weighted by atomic mass is 16.3. The maximum absolute atomic E-state index is 6.10. The molecule has 0 spiro atoms. The molecule has 2 aromatic heterocycles. The number of para-hydroxylation sites is 3. The summed E-state index contributed by atoms with van der Waals surface area (Å²) in [4.78, 5) is 0. The van der Waals surface area contributed by atoms with Gasteiger partial charge in [-0.05, 0) is 112 Å². The predicted molar refractivity (Wildman–Crippen MR) is 243 cm³/mol. The molecule has 12 rings (SSSR count). The van der Waals surface area contributed by atoms with E-state index in [0.717, 1.165) is 27.6 Å². The molecule has 0 saturated heterocycles. The average Bonchev–Trinajstić information content (AvgIpc) is 3.92. The van der Waals surface area contributed by atoms with Gasteiger partial charge in [-0.2, -0.15) is 0 Å². The SMILES string of the molecule is C[N+]1(c2ccc(-c3ccccc3)cc2)c2ccccc2-c2cc(-c3ccc4c(c3)c3ccccc3n4-c3ccc(-c4ccc5oc6ccccc6c5c4)cc3)ccc21. The second kappa shape index (κ2) is 12.5. The second-order valence-electron chi connectivity index (χ2n) is 15.6. The van der Waals surface area contributed by atoms with E-state index in [2.05, 4.69) is 206 Å². The number of aromatic nitrogens is 1. The van der Waals surface area contributed by atoms with Crippen LogP contribution in [-0.4, -0.2) is 11.6 Å². The fourth-order valence-corrected chi connectivity index (χ4v) is 9.54. The van der Waals surface area contributed by atoms with E-state index in [1.807, 2.05) is 12.1 Å². The molecular weight excluding hydrogens is 705 g/mol. The monoisotopic (exact) mass is 741 g/mol. The number of nitrogens with zero attached hydrogens (tertiary/aromatic N) is 2. The van der Waals surface area contributed by atoms with Gasteiger partial charge in [0.1, 0.15) is 16.9 Å². The highest BCUT2D eigenvalue weighted by molar-refractivity contribution is 6.11. The van der Waals surface area contributed by atoms with E-state index in [0.29, 0.717) is 4.48 Å². The molecule has 3 heteroatoms. The molecule has 1 aliphatic heterocycles. The topological polar surface area (TPSA) is 18.1 Å². The minimum absolute atomic E-state index is 0.626. The number of benzene rings is 9. The van der Waals surface area contributed by atoms with Crippen molar-refractivity contribution in [1.29, 1.82) is 0 Å². The van der Waals surface area contributed by atoms with Gasteiger partial charge in [0.2, 0.25) is 0 Å². The smallest absolute Gasteiger partial charge is 0.151 e. The van der Waals surface area contributed by atoms with E-state index < -0.39 is 0 Å². The summed E-state index contributed by atoms with van der Waals surface area (Å²) < 4.78 is 9.12. The van der Waals surface area contributed by atoms with Crippen LogP contribution in [0.25, 0.3) is 93.9 Å². The van der Waals surface area contributed by atoms with Gasteiger partial charge in [0.05, 0.1) is 23.6 Å². The minimum atomic E-state index is 0.626. The third kappa shape index (κ3) is 4.84. The number of hydrogen-bond acceptors (Lipinski definition) is 1. The molecule has 0 amide bonds. The van der Waals surface area contributed by atoms with Crippen LogP contribution in [0.15, 0.2) is 211 Å². The summed E-state index contributed by atoms with van der Waals surface area (Å²) in [7, 11) is 2.33. The van der Waals surface area contributed by atoms with Crippen LogP contribution in [0.4, 0.5) is 17.1 Å². The Balaban J connectivity index is 0.924. The van der Waals surface area contributed by atoms with Gasteiger partial charge in [-0.1, -0.05) is 103 Å². The van der Waals surface area contributed by atoms with E-state index in [9.17, 15) is 0 Å². The summed E-state index contributed by atoms with van der Waals surface area (Å²) >= 11 is 0. The second-order valence-corrected chi connectivity index (χ2v) is 15.6. The van der Waals surface area contributed by atoms with Gasteiger partial charge >= 0.3 is 0 Å². The lowest BCUT2D eigenvalue weighted by Gasteiger charge is -2.30. The first-order chi connectivity index (χ1) is 28.6. The fraction of sp³-hybridized carbons (Fsp3) is 0.0182. The molecule has 1 atom stereocenters. The Morgan fingerprint density at radius 3 is 1.78 bits per heavy atom. The molecule has 1 unspecified atom stereocenters. The number of fused-ring (bicyclic) bond motifs is 9. The summed E-state index contributed by atoms with van der Waals surface area (Å²) in [6, 6.07) is 75.1. The predicted octanol–water partition coefficient (Wildman–Crippen LogP) is 15.3. The van der Waals surface area contributed by atoms with E-state index >= 15 is 0 Å². The zero-order valence-electron chi connectivity index (χ0n) is 31.9. The van der Waals surface area contributed by atoms with Crippen molar-refractivity contribution in [3.63, 3.8) is 0 Å². The first kappa shape index (κ1) is 32.8. The summed E-state index contributed by atoms with van der Waals surface area (Å²) in [5.41, 5.74) is 19.0. The Morgan fingerprint density at radius 1 is 0.362 bits per heavy atom. The van der Waals surface area contributed by atoms with Crippen molar-refractivity contribution in [3.05, 3.63) is 206 Å². The van der Waals surface area contributed by atoms with Crippen molar-refractivity contribution >= 4 is 60.8 Å². The summed E-state index contributed by atoms with van der Waals surface area (Å²) in [5, 5.41) is 4.78. The Labute approximate surface area is 336 Å². The van der Waals surface area contributed by atoms with Gasteiger partial charge in [-0.3, -0.25) is 0 Å². The van der Waals surface area contributed by atoms with E-state index in [1.54, 1.807) is 0 Å². The molecule has 0 bridgehead atoms. The van der Waals surface area contributed by atoms with Crippen LogP contribution >= 0.6 is 0 Å². The maximum atomic E-state index is 6.10. The zero-order valence-corrected chi connectivity index (χ0v) is 31.9. The average molecular weight is 742 g/mol. The van der Waals surface area contributed by atoms with Gasteiger partial charge in [-0.25, -0.2) is 4.48 Å². The van der Waals surface area contributed by atoms with Crippen molar-refractivity contribution < 1.29 is 4.42 Å². The molecule has 11 aromatic rings. The number of rotatable bonds is 5. The van der Waals surface area contributed by atoms with E-state index in [4.69, 9.17) is 4.42 Å². The number of furan rings is 1. The Kier molecular flexibility index (Phi) is 7.07. The quantitative estimate of drug-likeness (QED) is 0.161. The van der Waals surface area contributed by atoms with Crippen LogP contribution in [0.2, 0.25) is 0 Å². The van der Waals surface area contributed by atoms with Crippen molar-refractivity contribution in [3.8, 4) is 50.2 Å². The third-order valence-electron chi connectivity index (χ3n) is 12.5. The lowest BCUT2D eigenvalue weighted by atomic mass is 9.98. The third-order valence-corrected chi connectivity index (χ3v) is 12.5. The van der Waals surface area contributed by atoms with Gasteiger partial charge in [0, 0.05) is 57.1 Å². The van der Waals surface area contributed by atoms with Crippen molar-refractivity contribution in [2.24, 2.45) is 0 Å². The summed E-state index contributed by atoms with van der Waals surface area (Å²) in [6.45, 7) is 0.